The van der Waals surface area contributed by atoms with E-state index in [-0.39, 0.29) is 24.2 Å². The normalized spacial score (nSPS) is 22.1. The summed E-state index contributed by atoms with van der Waals surface area (Å²) >= 11 is 0. The van der Waals surface area contributed by atoms with Crippen molar-refractivity contribution in [3.63, 3.8) is 0 Å². The van der Waals surface area contributed by atoms with Gasteiger partial charge in [0.05, 0.1) is 11.6 Å². The van der Waals surface area contributed by atoms with E-state index < -0.39 is 17.7 Å². The molecule has 6 rings (SSSR count). The van der Waals surface area contributed by atoms with E-state index in [1.807, 2.05) is 42.1 Å². The number of carbonyl (C=O) groups is 2. The highest BCUT2D eigenvalue weighted by atomic mass is 16.7. The molecule has 0 radical (unpaired) electrons. The predicted molar refractivity (Wildman–Crippen MR) is 122 cm³/mol. The summed E-state index contributed by atoms with van der Waals surface area (Å²) in [5.74, 6) is -0.281. The molecule has 1 saturated heterocycles. The minimum absolute atomic E-state index is 0.0209. The number of aromatic nitrogens is 1. The smallest absolute Gasteiger partial charge is 0.295 e. The van der Waals surface area contributed by atoms with Gasteiger partial charge in [0.2, 0.25) is 6.79 Å². The highest BCUT2D eigenvalue weighted by Crippen LogP contribution is 2.46. The molecule has 1 unspecified atom stereocenters. The third-order valence-corrected chi connectivity index (χ3v) is 7.07. The number of ketones is 1. The molecule has 7 heteroatoms. The maximum atomic E-state index is 13.4. The molecule has 1 N–H and O–H groups in total. The number of para-hydroxylation sites is 1. The summed E-state index contributed by atoms with van der Waals surface area (Å²) in [4.78, 5) is 28.4. The van der Waals surface area contributed by atoms with Gasteiger partial charge in [0.1, 0.15) is 5.76 Å². The zero-order valence-electron chi connectivity index (χ0n) is 18.3. The number of nitrogens with zero attached hydrogens (tertiary/aromatic N) is 2. The van der Waals surface area contributed by atoms with Crippen molar-refractivity contribution in [1.82, 2.24) is 9.47 Å². The number of hydrogen-bond donors (Lipinski definition) is 1. The Morgan fingerprint density at radius 2 is 1.79 bits per heavy atom. The summed E-state index contributed by atoms with van der Waals surface area (Å²) in [5.41, 5.74) is 2.41. The molecular weight excluding hydrogens is 420 g/mol. The minimum atomic E-state index is -0.648. The lowest BCUT2D eigenvalue weighted by atomic mass is 9.94. The summed E-state index contributed by atoms with van der Waals surface area (Å²) in [6.45, 7) is 0.113. The number of ether oxygens (including phenoxy) is 2. The van der Waals surface area contributed by atoms with Gasteiger partial charge in [-0.05, 0) is 37.1 Å². The largest absolute Gasteiger partial charge is 0.507 e. The maximum absolute atomic E-state index is 13.4. The molecule has 1 atom stereocenters. The van der Waals surface area contributed by atoms with Gasteiger partial charge in [-0.25, -0.2) is 0 Å². The van der Waals surface area contributed by atoms with Crippen LogP contribution >= 0.6 is 0 Å². The number of Topliss-reactive ketones (excluding diaryl/α,β-unsaturated/α-hetero) is 1. The molecular formula is C26H24N2O5. The lowest BCUT2D eigenvalue weighted by Gasteiger charge is -2.30. The van der Waals surface area contributed by atoms with E-state index in [9.17, 15) is 14.7 Å². The zero-order chi connectivity index (χ0) is 22.7. The van der Waals surface area contributed by atoms with E-state index in [1.54, 1.807) is 23.1 Å². The van der Waals surface area contributed by atoms with E-state index in [4.69, 9.17) is 9.47 Å². The summed E-state index contributed by atoms with van der Waals surface area (Å²) < 4.78 is 12.8. The van der Waals surface area contributed by atoms with Crippen molar-refractivity contribution in [2.75, 3.05) is 6.79 Å². The highest BCUT2D eigenvalue weighted by Gasteiger charge is 2.50. The van der Waals surface area contributed by atoms with Gasteiger partial charge >= 0.3 is 0 Å². The van der Waals surface area contributed by atoms with Crippen LogP contribution in [0.4, 0.5) is 0 Å². The molecule has 2 aliphatic heterocycles. The van der Waals surface area contributed by atoms with Gasteiger partial charge in [-0.3, -0.25) is 9.59 Å². The Hall–Kier alpha value is -3.74. The van der Waals surface area contributed by atoms with Crippen LogP contribution in [0.2, 0.25) is 0 Å². The average molecular weight is 444 g/mol. The van der Waals surface area contributed by atoms with E-state index in [2.05, 4.69) is 0 Å². The summed E-state index contributed by atoms with van der Waals surface area (Å²) in [6, 6.07) is 12.3. The third-order valence-electron chi connectivity index (χ3n) is 7.07. The first-order valence-corrected chi connectivity index (χ1v) is 11.3. The first-order chi connectivity index (χ1) is 16.0. The van der Waals surface area contributed by atoms with E-state index in [1.165, 1.54) is 0 Å². The van der Waals surface area contributed by atoms with Crippen molar-refractivity contribution in [3.05, 3.63) is 65.4 Å². The first kappa shape index (κ1) is 19.9. The Labute approximate surface area is 190 Å². The molecule has 1 aromatic heterocycles. The number of benzene rings is 2. The lowest BCUT2D eigenvalue weighted by Crippen LogP contribution is -2.37. The standard InChI is InChI=1S/C26H24N2O5/c1-27-13-18(17-8-4-5-9-19(17)27)23-22(25(30)26(31)28(23)16-6-2-3-7-16)24(29)15-10-11-20-21(12-15)33-14-32-20/h4-5,8-13,16,23,29H,2-3,6-7,14H2,1H3/b24-22+. The minimum Gasteiger partial charge on any atom is -0.507 e. The van der Waals surface area contributed by atoms with Crippen LogP contribution in [0.25, 0.3) is 16.7 Å². The van der Waals surface area contributed by atoms with Crippen LogP contribution in [0, 0.1) is 0 Å². The summed E-state index contributed by atoms with van der Waals surface area (Å²) in [7, 11) is 1.95. The van der Waals surface area contributed by atoms with Crippen LogP contribution in [-0.2, 0) is 16.6 Å². The van der Waals surface area contributed by atoms with Gasteiger partial charge in [0, 0.05) is 41.3 Å². The van der Waals surface area contributed by atoms with Gasteiger partial charge in [-0.15, -0.1) is 0 Å². The van der Waals surface area contributed by atoms with Crippen LogP contribution in [0.1, 0.15) is 42.9 Å². The Bertz CT molecular complexity index is 1330. The van der Waals surface area contributed by atoms with Gasteiger partial charge in [0.25, 0.3) is 11.7 Å². The fraction of sp³-hybridized carbons (Fsp3) is 0.308. The van der Waals surface area contributed by atoms with Crippen LogP contribution in [0.15, 0.2) is 54.2 Å². The maximum Gasteiger partial charge on any atom is 0.295 e. The second-order valence-corrected chi connectivity index (χ2v) is 8.93. The molecule has 33 heavy (non-hydrogen) atoms. The van der Waals surface area contributed by atoms with Gasteiger partial charge in [-0.2, -0.15) is 0 Å². The molecule has 1 saturated carbocycles. The monoisotopic (exact) mass is 444 g/mol. The molecule has 2 fully saturated rings. The number of rotatable bonds is 3. The van der Waals surface area contributed by atoms with Gasteiger partial charge < -0.3 is 24.0 Å². The Morgan fingerprint density at radius 3 is 2.61 bits per heavy atom. The fourth-order valence-corrected chi connectivity index (χ4v) is 5.50. The quantitative estimate of drug-likeness (QED) is 0.371. The van der Waals surface area contributed by atoms with Gasteiger partial charge in [-0.1, -0.05) is 31.0 Å². The number of aliphatic hydroxyl groups excluding tert-OH is 1. The number of aryl methyl sites for hydroxylation is 1. The molecule has 1 aliphatic carbocycles. The SMILES string of the molecule is Cn1cc(C2/C(=C(\O)c3ccc4c(c3)OCO4)C(=O)C(=O)N2C2CCCC2)c2ccccc21. The van der Waals surface area contributed by atoms with Crippen molar-refractivity contribution in [1.29, 1.82) is 0 Å². The molecule has 7 nitrogen and oxygen atoms in total. The number of fused-ring (bicyclic) bond motifs is 2. The highest BCUT2D eigenvalue weighted by molar-refractivity contribution is 6.46. The van der Waals surface area contributed by atoms with Crippen LogP contribution in [-0.4, -0.2) is 39.1 Å². The van der Waals surface area contributed by atoms with Crippen LogP contribution < -0.4 is 9.47 Å². The number of amides is 1. The summed E-state index contributed by atoms with van der Waals surface area (Å²) in [5, 5.41) is 12.4. The number of aliphatic hydroxyl groups is 1. The number of likely N-dealkylation sites (tertiary alicyclic amines) is 1. The van der Waals surface area contributed by atoms with Crippen LogP contribution in [0.3, 0.4) is 0 Å². The molecule has 1 amide bonds. The van der Waals surface area contributed by atoms with Crippen molar-refractivity contribution in [2.45, 2.75) is 37.8 Å². The molecule has 3 aliphatic rings. The molecule has 3 heterocycles. The Balaban J connectivity index is 1.57. The molecule has 0 bridgehead atoms. The average Bonchev–Trinajstić information content (AvgIpc) is 3.61. The lowest BCUT2D eigenvalue weighted by molar-refractivity contribution is -0.141. The van der Waals surface area contributed by atoms with Crippen molar-refractivity contribution in [2.24, 2.45) is 7.05 Å². The predicted octanol–water partition coefficient (Wildman–Crippen LogP) is 4.27. The van der Waals surface area contributed by atoms with Crippen molar-refractivity contribution in [3.8, 4) is 11.5 Å². The van der Waals surface area contributed by atoms with Crippen molar-refractivity contribution < 1.29 is 24.2 Å². The van der Waals surface area contributed by atoms with E-state index in [0.29, 0.717) is 17.1 Å². The number of carbonyl (C=O) groups excluding carboxylic acids is 2. The first-order valence-electron chi connectivity index (χ1n) is 11.3. The van der Waals surface area contributed by atoms with Crippen LogP contribution in [0.5, 0.6) is 11.5 Å². The molecule has 3 aromatic rings. The Kier molecular flexibility index (Phi) is 4.47. The molecule has 2 aromatic carbocycles. The third kappa shape index (κ3) is 2.95. The zero-order valence-corrected chi connectivity index (χ0v) is 18.3. The van der Waals surface area contributed by atoms with Gasteiger partial charge in [0.15, 0.2) is 11.5 Å². The molecule has 168 valence electrons. The van der Waals surface area contributed by atoms with E-state index >= 15 is 0 Å². The Morgan fingerprint density at radius 1 is 1.03 bits per heavy atom. The van der Waals surface area contributed by atoms with Crippen molar-refractivity contribution >= 4 is 28.4 Å². The summed E-state index contributed by atoms with van der Waals surface area (Å²) in [6.07, 6.45) is 5.74. The second kappa shape index (κ2) is 7.40. The second-order valence-electron chi connectivity index (χ2n) is 8.93. The fourth-order valence-electron chi connectivity index (χ4n) is 5.50. The molecule has 0 spiro atoms. The number of hydrogen-bond acceptors (Lipinski definition) is 5. The van der Waals surface area contributed by atoms with E-state index in [0.717, 1.165) is 42.1 Å². The topological polar surface area (TPSA) is 81.0 Å².